The predicted molar refractivity (Wildman–Crippen MR) is 57.8 cm³/mol. The standard InChI is InChI=1S/C2H7NS2.C2H6O.2ClH/c3-1-2-5-4;1-2-3;;/h4H,1-3H2;3H,2H2,1H3;2*1H. The lowest BCUT2D eigenvalue weighted by molar-refractivity contribution is 0.318. The monoisotopic (exact) mass is 227 g/mol. The van der Waals surface area contributed by atoms with E-state index in [4.69, 9.17) is 10.8 Å². The van der Waals surface area contributed by atoms with E-state index in [2.05, 4.69) is 11.7 Å². The number of aliphatic hydroxyl groups is 1. The Bertz CT molecular complexity index is 35.2. The van der Waals surface area contributed by atoms with Crippen LogP contribution in [0.25, 0.3) is 0 Å². The quantitative estimate of drug-likeness (QED) is 0.494. The summed E-state index contributed by atoms with van der Waals surface area (Å²) >= 11 is 3.84. The molecule has 0 atom stereocenters. The number of halogens is 2. The summed E-state index contributed by atoms with van der Waals surface area (Å²) in [4.78, 5) is 0. The van der Waals surface area contributed by atoms with Crippen molar-refractivity contribution < 1.29 is 5.11 Å². The summed E-state index contributed by atoms with van der Waals surface area (Å²) in [7, 11) is 1.47. The normalized spacial score (nSPS) is 6.00. The molecule has 0 fully saturated rings. The molecule has 3 N–H and O–H groups in total. The van der Waals surface area contributed by atoms with Gasteiger partial charge in [0, 0.05) is 18.9 Å². The van der Waals surface area contributed by atoms with Crippen LogP contribution in [0.15, 0.2) is 0 Å². The molecule has 0 aliphatic carbocycles. The second-order valence-corrected chi connectivity index (χ2v) is 2.38. The fourth-order valence-corrected chi connectivity index (χ4v) is 0.474. The van der Waals surface area contributed by atoms with Crippen LogP contribution >= 0.6 is 47.3 Å². The highest BCUT2D eigenvalue weighted by atomic mass is 35.5. The van der Waals surface area contributed by atoms with Crippen LogP contribution in [0.4, 0.5) is 0 Å². The molecular formula is C4H15Cl2NOS2. The zero-order chi connectivity index (χ0) is 6.83. The number of nitrogens with two attached hydrogens (primary N) is 1. The van der Waals surface area contributed by atoms with Crippen molar-refractivity contribution in [2.45, 2.75) is 6.92 Å². The Morgan fingerprint density at radius 3 is 1.80 bits per heavy atom. The van der Waals surface area contributed by atoms with E-state index >= 15 is 0 Å². The maximum atomic E-state index is 7.57. The lowest BCUT2D eigenvalue weighted by atomic mass is 10.8. The summed E-state index contributed by atoms with van der Waals surface area (Å²) in [6.07, 6.45) is 0. The number of rotatable bonds is 2. The molecule has 0 saturated carbocycles. The van der Waals surface area contributed by atoms with Crippen molar-refractivity contribution in [1.82, 2.24) is 0 Å². The van der Waals surface area contributed by atoms with Gasteiger partial charge in [0.05, 0.1) is 0 Å². The molecule has 0 rings (SSSR count). The Balaban J connectivity index is -0.0000000326. The minimum Gasteiger partial charge on any atom is -0.397 e. The summed E-state index contributed by atoms with van der Waals surface area (Å²) in [5.41, 5.74) is 5.07. The van der Waals surface area contributed by atoms with E-state index in [-0.39, 0.29) is 31.4 Å². The fraction of sp³-hybridized carbons (Fsp3) is 1.00. The number of thiol groups is 1. The van der Waals surface area contributed by atoms with Gasteiger partial charge in [-0.3, -0.25) is 0 Å². The minimum absolute atomic E-state index is 0. The van der Waals surface area contributed by atoms with Crippen LogP contribution in [0, 0.1) is 0 Å². The van der Waals surface area contributed by atoms with Gasteiger partial charge in [0.15, 0.2) is 0 Å². The van der Waals surface area contributed by atoms with Crippen molar-refractivity contribution >= 4 is 47.3 Å². The van der Waals surface area contributed by atoms with Crippen molar-refractivity contribution in [3.05, 3.63) is 0 Å². The Hall–Kier alpha value is 1.20. The van der Waals surface area contributed by atoms with Crippen molar-refractivity contribution in [2.24, 2.45) is 5.73 Å². The lowest BCUT2D eigenvalue weighted by Gasteiger charge is -1.79. The smallest absolute Gasteiger partial charge is 0.0402 e. The first kappa shape index (κ1) is 22.5. The first-order valence-corrected chi connectivity index (χ1v) is 4.44. The fourth-order valence-electron chi connectivity index (χ4n) is 0.0527. The van der Waals surface area contributed by atoms with Gasteiger partial charge in [-0.2, -0.15) is 0 Å². The average Bonchev–Trinajstić information content (AvgIpc) is 1.71. The van der Waals surface area contributed by atoms with Crippen LogP contribution in [0.1, 0.15) is 6.92 Å². The first-order valence-electron chi connectivity index (χ1n) is 2.40. The third kappa shape index (κ3) is 60.4. The van der Waals surface area contributed by atoms with E-state index in [0.29, 0.717) is 0 Å². The molecule has 68 valence electrons. The second kappa shape index (κ2) is 31.9. The zero-order valence-electron chi connectivity index (χ0n) is 5.82. The Labute approximate surface area is 84.0 Å². The molecule has 0 heterocycles. The molecule has 0 amide bonds. The van der Waals surface area contributed by atoms with Gasteiger partial charge in [0.25, 0.3) is 0 Å². The third-order valence-electron chi connectivity index (χ3n) is 0.209. The molecule has 10 heavy (non-hydrogen) atoms. The molecule has 6 heteroatoms. The van der Waals surface area contributed by atoms with E-state index in [1.165, 1.54) is 10.8 Å². The van der Waals surface area contributed by atoms with E-state index in [0.717, 1.165) is 12.3 Å². The van der Waals surface area contributed by atoms with E-state index in [1.807, 2.05) is 0 Å². The highest BCUT2D eigenvalue weighted by molar-refractivity contribution is 8.68. The van der Waals surface area contributed by atoms with Crippen LogP contribution in [0.3, 0.4) is 0 Å². The van der Waals surface area contributed by atoms with Crippen molar-refractivity contribution in [1.29, 1.82) is 0 Å². The Morgan fingerprint density at radius 2 is 1.80 bits per heavy atom. The topological polar surface area (TPSA) is 46.2 Å². The predicted octanol–water partition coefficient (Wildman–Crippen LogP) is 1.37. The van der Waals surface area contributed by atoms with Gasteiger partial charge < -0.3 is 10.8 Å². The zero-order valence-corrected chi connectivity index (χ0v) is 9.16. The molecule has 2 nitrogen and oxygen atoms in total. The number of hydrogen-bond acceptors (Lipinski definition) is 4. The van der Waals surface area contributed by atoms with Gasteiger partial charge in [0.1, 0.15) is 0 Å². The molecule has 0 aromatic rings. The third-order valence-corrected chi connectivity index (χ3v) is 1.18. The minimum atomic E-state index is 0. The van der Waals surface area contributed by atoms with Gasteiger partial charge >= 0.3 is 0 Å². The van der Waals surface area contributed by atoms with Gasteiger partial charge in [-0.25, -0.2) is 0 Å². The van der Waals surface area contributed by atoms with Crippen LogP contribution in [0.2, 0.25) is 0 Å². The molecule has 0 aliphatic rings. The maximum absolute atomic E-state index is 7.57. The summed E-state index contributed by atoms with van der Waals surface area (Å²) in [5.74, 6) is 0.948. The molecule has 0 aliphatic heterocycles. The molecule has 0 saturated heterocycles. The molecule has 0 radical (unpaired) electrons. The Kier molecular flexibility index (Phi) is 71.8. The average molecular weight is 228 g/mol. The maximum Gasteiger partial charge on any atom is 0.0402 e. The SMILES string of the molecule is CCO.Cl.Cl.NCCSS. The van der Waals surface area contributed by atoms with Gasteiger partial charge in [-0.05, 0) is 6.92 Å². The van der Waals surface area contributed by atoms with E-state index < -0.39 is 0 Å². The lowest BCUT2D eigenvalue weighted by Crippen LogP contribution is -1.98. The Morgan fingerprint density at radius 1 is 1.50 bits per heavy atom. The molecule has 0 spiro atoms. The van der Waals surface area contributed by atoms with Crippen LogP contribution in [-0.4, -0.2) is 24.0 Å². The van der Waals surface area contributed by atoms with Crippen LogP contribution in [0.5, 0.6) is 0 Å². The molecular weight excluding hydrogens is 213 g/mol. The highest BCUT2D eigenvalue weighted by Crippen LogP contribution is 1.99. The van der Waals surface area contributed by atoms with Crippen LogP contribution in [-0.2, 0) is 0 Å². The van der Waals surface area contributed by atoms with Gasteiger partial charge in [-0.15, -0.1) is 36.5 Å². The summed E-state index contributed by atoms with van der Waals surface area (Å²) in [5, 5.41) is 7.57. The molecule has 0 aromatic carbocycles. The summed E-state index contributed by atoms with van der Waals surface area (Å²) in [6.45, 7) is 2.66. The summed E-state index contributed by atoms with van der Waals surface area (Å²) in [6, 6.07) is 0. The van der Waals surface area contributed by atoms with Gasteiger partial charge in [-0.1, -0.05) is 10.8 Å². The van der Waals surface area contributed by atoms with Gasteiger partial charge in [0.2, 0.25) is 0 Å². The molecule has 0 unspecified atom stereocenters. The first-order chi connectivity index (χ1) is 3.83. The van der Waals surface area contributed by atoms with E-state index in [1.54, 1.807) is 6.92 Å². The largest absolute Gasteiger partial charge is 0.397 e. The van der Waals surface area contributed by atoms with Crippen molar-refractivity contribution in [2.75, 3.05) is 18.9 Å². The highest BCUT2D eigenvalue weighted by Gasteiger charge is 1.68. The van der Waals surface area contributed by atoms with Crippen molar-refractivity contribution in [3.8, 4) is 0 Å². The van der Waals surface area contributed by atoms with Crippen molar-refractivity contribution in [3.63, 3.8) is 0 Å². The van der Waals surface area contributed by atoms with Crippen LogP contribution < -0.4 is 5.73 Å². The molecule has 0 aromatic heterocycles. The summed E-state index contributed by atoms with van der Waals surface area (Å²) < 4.78 is 0. The number of hydrogen-bond donors (Lipinski definition) is 3. The molecule has 0 bridgehead atoms. The van der Waals surface area contributed by atoms with E-state index in [9.17, 15) is 0 Å². The second-order valence-electron chi connectivity index (χ2n) is 0.938. The number of aliphatic hydroxyl groups excluding tert-OH is 1.